The highest BCUT2D eigenvalue weighted by atomic mass is 16.5. The van der Waals surface area contributed by atoms with Crippen LogP contribution in [0.5, 0.6) is 0 Å². The Morgan fingerprint density at radius 1 is 1.06 bits per heavy atom. The highest BCUT2D eigenvalue weighted by molar-refractivity contribution is 5.58. The molecule has 1 aromatic carbocycles. The number of anilines is 1. The topological polar surface area (TPSA) is 64.9 Å². The van der Waals surface area contributed by atoms with Crippen molar-refractivity contribution in [1.82, 2.24) is 10.1 Å². The van der Waals surface area contributed by atoms with Gasteiger partial charge < -0.3 is 10.3 Å². The molecule has 4 rings (SSSR count). The molecule has 4 nitrogen and oxygen atoms in total. The van der Waals surface area contributed by atoms with Crippen LogP contribution in [0.3, 0.4) is 0 Å². The monoisotopic (exact) mass is 241 g/mol. The maximum Gasteiger partial charge on any atom is 0.230 e. The van der Waals surface area contributed by atoms with E-state index < -0.39 is 0 Å². The Morgan fingerprint density at radius 3 is 2.50 bits per heavy atom. The first-order chi connectivity index (χ1) is 8.79. The highest BCUT2D eigenvalue weighted by Crippen LogP contribution is 2.57. The van der Waals surface area contributed by atoms with Crippen LogP contribution in [0.15, 0.2) is 28.8 Å². The van der Waals surface area contributed by atoms with Crippen molar-refractivity contribution in [2.24, 2.45) is 11.8 Å². The molecule has 1 heterocycles. The number of hydrogen-bond acceptors (Lipinski definition) is 4. The lowest BCUT2D eigenvalue weighted by molar-refractivity contribution is 0.346. The quantitative estimate of drug-likeness (QED) is 0.821. The van der Waals surface area contributed by atoms with E-state index in [1.165, 1.54) is 19.3 Å². The van der Waals surface area contributed by atoms with E-state index in [9.17, 15) is 0 Å². The minimum atomic E-state index is 0.490. The standard InChI is InChI=1S/C14H15N3O/c15-12-3-1-8(2-4-12)13-16-14(18-17-13)11-6-9-5-10(9)7-11/h1-4,9-11H,5-7,15H2. The average molecular weight is 241 g/mol. The van der Waals surface area contributed by atoms with Crippen molar-refractivity contribution < 1.29 is 4.52 Å². The van der Waals surface area contributed by atoms with Crippen molar-refractivity contribution in [2.45, 2.75) is 25.2 Å². The molecule has 2 atom stereocenters. The second-order valence-electron chi connectivity index (χ2n) is 5.50. The third kappa shape index (κ3) is 1.60. The minimum absolute atomic E-state index is 0.490. The van der Waals surface area contributed by atoms with E-state index in [1.807, 2.05) is 24.3 Å². The summed E-state index contributed by atoms with van der Waals surface area (Å²) in [5, 5.41) is 4.07. The van der Waals surface area contributed by atoms with Crippen LogP contribution in [0.2, 0.25) is 0 Å². The van der Waals surface area contributed by atoms with Crippen LogP contribution in [0.1, 0.15) is 31.1 Å². The smallest absolute Gasteiger partial charge is 0.230 e. The van der Waals surface area contributed by atoms with Gasteiger partial charge in [0.1, 0.15) is 0 Å². The fourth-order valence-corrected chi connectivity index (χ4v) is 3.07. The molecule has 0 spiro atoms. The van der Waals surface area contributed by atoms with Gasteiger partial charge in [-0.25, -0.2) is 0 Å². The summed E-state index contributed by atoms with van der Waals surface area (Å²) in [5.74, 6) is 3.84. The molecule has 4 heteroatoms. The van der Waals surface area contributed by atoms with E-state index >= 15 is 0 Å². The fourth-order valence-electron chi connectivity index (χ4n) is 3.07. The molecule has 18 heavy (non-hydrogen) atoms. The lowest BCUT2D eigenvalue weighted by Gasteiger charge is -2.03. The van der Waals surface area contributed by atoms with Gasteiger partial charge in [0.15, 0.2) is 0 Å². The third-order valence-corrected chi connectivity index (χ3v) is 4.20. The van der Waals surface area contributed by atoms with Crippen LogP contribution >= 0.6 is 0 Å². The van der Waals surface area contributed by atoms with Gasteiger partial charge in [0.2, 0.25) is 11.7 Å². The molecular weight excluding hydrogens is 226 g/mol. The molecular formula is C14H15N3O. The first kappa shape index (κ1) is 10.1. The van der Waals surface area contributed by atoms with Gasteiger partial charge in [-0.05, 0) is 55.4 Å². The number of aromatic nitrogens is 2. The van der Waals surface area contributed by atoms with Crippen LogP contribution < -0.4 is 5.73 Å². The molecule has 2 unspecified atom stereocenters. The van der Waals surface area contributed by atoms with Crippen LogP contribution in [-0.2, 0) is 0 Å². The Balaban J connectivity index is 1.59. The Bertz CT molecular complexity index is 565. The number of nitrogen functional groups attached to an aromatic ring is 1. The zero-order valence-corrected chi connectivity index (χ0v) is 10.0. The van der Waals surface area contributed by atoms with Gasteiger partial charge in [-0.15, -0.1) is 0 Å². The zero-order valence-electron chi connectivity index (χ0n) is 10.0. The molecule has 2 aromatic rings. The van der Waals surface area contributed by atoms with Crippen molar-refractivity contribution in [1.29, 1.82) is 0 Å². The Kier molecular flexibility index (Phi) is 2.01. The summed E-state index contributed by atoms with van der Waals surface area (Å²) >= 11 is 0. The molecule has 0 radical (unpaired) electrons. The van der Waals surface area contributed by atoms with Crippen LogP contribution in [0, 0.1) is 11.8 Å². The second-order valence-corrected chi connectivity index (χ2v) is 5.50. The van der Waals surface area contributed by atoms with Gasteiger partial charge >= 0.3 is 0 Å². The number of nitrogens with zero attached hydrogens (tertiary/aromatic N) is 2. The average Bonchev–Trinajstić information content (AvgIpc) is 2.83. The molecule has 2 saturated carbocycles. The predicted molar refractivity (Wildman–Crippen MR) is 67.7 cm³/mol. The zero-order chi connectivity index (χ0) is 12.1. The number of hydrogen-bond donors (Lipinski definition) is 1. The fraction of sp³-hybridized carbons (Fsp3) is 0.429. The molecule has 0 bridgehead atoms. The summed E-state index contributed by atoms with van der Waals surface area (Å²) in [7, 11) is 0. The van der Waals surface area contributed by atoms with E-state index in [4.69, 9.17) is 10.3 Å². The van der Waals surface area contributed by atoms with Crippen molar-refractivity contribution in [2.75, 3.05) is 5.73 Å². The van der Waals surface area contributed by atoms with Gasteiger partial charge in [0.25, 0.3) is 0 Å². The van der Waals surface area contributed by atoms with Crippen molar-refractivity contribution in [3.8, 4) is 11.4 Å². The Labute approximate surface area is 105 Å². The molecule has 1 aromatic heterocycles. The largest absolute Gasteiger partial charge is 0.399 e. The number of rotatable bonds is 2. The molecule has 2 aliphatic carbocycles. The van der Waals surface area contributed by atoms with Crippen LogP contribution in [-0.4, -0.2) is 10.1 Å². The summed E-state index contributed by atoms with van der Waals surface area (Å²) in [6, 6.07) is 7.57. The molecule has 2 N–H and O–H groups in total. The maximum absolute atomic E-state index is 5.67. The molecule has 2 fully saturated rings. The minimum Gasteiger partial charge on any atom is -0.399 e. The molecule has 0 aliphatic heterocycles. The van der Waals surface area contributed by atoms with Crippen LogP contribution in [0.25, 0.3) is 11.4 Å². The molecule has 0 saturated heterocycles. The normalized spacial score (nSPS) is 29.2. The van der Waals surface area contributed by atoms with Crippen molar-refractivity contribution >= 4 is 5.69 Å². The highest BCUT2D eigenvalue weighted by Gasteiger charge is 2.47. The van der Waals surface area contributed by atoms with Gasteiger partial charge in [-0.3, -0.25) is 0 Å². The van der Waals surface area contributed by atoms with E-state index in [1.54, 1.807) is 0 Å². The van der Waals surface area contributed by atoms with E-state index in [0.717, 1.165) is 29.0 Å². The van der Waals surface area contributed by atoms with Crippen molar-refractivity contribution in [3.05, 3.63) is 30.2 Å². The second kappa shape index (κ2) is 3.57. The van der Waals surface area contributed by atoms with E-state index in [-0.39, 0.29) is 0 Å². The maximum atomic E-state index is 5.67. The molecule has 2 aliphatic rings. The lowest BCUT2D eigenvalue weighted by Crippen LogP contribution is -1.95. The van der Waals surface area contributed by atoms with Gasteiger partial charge in [-0.1, -0.05) is 5.16 Å². The van der Waals surface area contributed by atoms with Gasteiger partial charge in [0.05, 0.1) is 0 Å². The third-order valence-electron chi connectivity index (χ3n) is 4.20. The summed E-state index contributed by atoms with van der Waals surface area (Å²) in [5.41, 5.74) is 7.37. The first-order valence-electron chi connectivity index (χ1n) is 6.49. The predicted octanol–water partition coefficient (Wildman–Crippen LogP) is 2.83. The summed E-state index contributed by atoms with van der Waals surface area (Å²) in [6.45, 7) is 0. The lowest BCUT2D eigenvalue weighted by atomic mass is 10.0. The molecule has 92 valence electrons. The first-order valence-corrected chi connectivity index (χ1v) is 6.49. The van der Waals surface area contributed by atoms with Gasteiger partial charge in [-0.2, -0.15) is 4.98 Å². The van der Waals surface area contributed by atoms with Crippen molar-refractivity contribution in [3.63, 3.8) is 0 Å². The number of nitrogens with two attached hydrogens (primary N) is 1. The molecule has 0 amide bonds. The summed E-state index contributed by atoms with van der Waals surface area (Å²) in [4.78, 5) is 4.53. The van der Waals surface area contributed by atoms with Gasteiger partial charge in [0, 0.05) is 17.2 Å². The summed E-state index contributed by atoms with van der Waals surface area (Å²) in [6.07, 6.45) is 3.87. The number of fused-ring (bicyclic) bond motifs is 1. The van der Waals surface area contributed by atoms with E-state index in [0.29, 0.717) is 11.7 Å². The van der Waals surface area contributed by atoms with Crippen LogP contribution in [0.4, 0.5) is 5.69 Å². The Hall–Kier alpha value is -1.84. The summed E-state index contributed by atoms with van der Waals surface area (Å²) < 4.78 is 5.41. The Morgan fingerprint density at radius 2 is 1.78 bits per heavy atom. The van der Waals surface area contributed by atoms with E-state index in [2.05, 4.69) is 10.1 Å². The number of benzene rings is 1. The SMILES string of the molecule is Nc1ccc(-c2noc(C3CC4CC4C3)n2)cc1.